The Morgan fingerprint density at radius 3 is 2.83 bits per heavy atom. The molecule has 0 atom stereocenters. The highest BCUT2D eigenvalue weighted by molar-refractivity contribution is 14.1. The van der Waals surface area contributed by atoms with E-state index in [1.165, 1.54) is 0 Å². The fraction of sp³-hybridized carbons (Fsp3) is 0. The van der Waals surface area contributed by atoms with Gasteiger partial charge in [-0.15, -0.1) is 0 Å². The number of anilines is 3. The standard InChI is InChI=1S/C13H10IN3O/c14-9-3-1-2-4-10(9)16-13-17-11-6-5-8(15)7-12(11)18-13/h1-7H,15H2,(H,16,17). The number of nitrogen functional groups attached to an aromatic ring is 1. The van der Waals surface area contributed by atoms with Crippen molar-refractivity contribution in [2.45, 2.75) is 0 Å². The highest BCUT2D eigenvalue weighted by Crippen LogP contribution is 2.25. The van der Waals surface area contributed by atoms with Crippen molar-refractivity contribution in [3.63, 3.8) is 0 Å². The first kappa shape index (κ1) is 11.3. The van der Waals surface area contributed by atoms with Crippen molar-refractivity contribution >= 4 is 51.1 Å². The van der Waals surface area contributed by atoms with Gasteiger partial charge in [0.1, 0.15) is 5.52 Å². The van der Waals surface area contributed by atoms with Crippen molar-refractivity contribution in [2.75, 3.05) is 11.1 Å². The molecule has 1 heterocycles. The molecule has 0 aliphatic carbocycles. The zero-order valence-corrected chi connectivity index (χ0v) is 11.5. The van der Waals surface area contributed by atoms with E-state index in [-0.39, 0.29) is 0 Å². The number of nitrogens with zero attached hydrogens (tertiary/aromatic N) is 1. The molecule has 3 rings (SSSR count). The van der Waals surface area contributed by atoms with E-state index in [0.29, 0.717) is 17.3 Å². The highest BCUT2D eigenvalue weighted by Gasteiger charge is 2.07. The predicted octanol–water partition coefficient (Wildman–Crippen LogP) is 3.76. The Morgan fingerprint density at radius 1 is 1.17 bits per heavy atom. The number of hydrogen-bond donors (Lipinski definition) is 2. The third-order valence-electron chi connectivity index (χ3n) is 2.53. The second-order valence-corrected chi connectivity index (χ2v) is 5.01. The lowest BCUT2D eigenvalue weighted by atomic mass is 10.3. The molecular weight excluding hydrogens is 341 g/mol. The van der Waals surface area contributed by atoms with Gasteiger partial charge >= 0.3 is 0 Å². The van der Waals surface area contributed by atoms with E-state index in [1.54, 1.807) is 12.1 Å². The van der Waals surface area contributed by atoms with Gasteiger partial charge in [-0.3, -0.25) is 0 Å². The molecule has 3 aromatic rings. The maximum atomic E-state index is 5.70. The predicted molar refractivity (Wildman–Crippen MR) is 80.9 cm³/mol. The van der Waals surface area contributed by atoms with Crippen LogP contribution in [0.1, 0.15) is 0 Å². The summed E-state index contributed by atoms with van der Waals surface area (Å²) in [7, 11) is 0. The number of hydrogen-bond acceptors (Lipinski definition) is 4. The third-order valence-corrected chi connectivity index (χ3v) is 3.47. The van der Waals surface area contributed by atoms with Crippen LogP contribution in [0, 0.1) is 3.57 Å². The van der Waals surface area contributed by atoms with Crippen molar-refractivity contribution < 1.29 is 4.42 Å². The van der Waals surface area contributed by atoms with E-state index >= 15 is 0 Å². The fourth-order valence-corrected chi connectivity index (χ4v) is 2.19. The van der Waals surface area contributed by atoms with Crippen LogP contribution >= 0.6 is 22.6 Å². The summed E-state index contributed by atoms with van der Waals surface area (Å²) >= 11 is 2.26. The van der Waals surface area contributed by atoms with Gasteiger partial charge in [-0.25, -0.2) is 0 Å². The number of nitrogens with one attached hydrogen (secondary N) is 1. The lowest BCUT2D eigenvalue weighted by Gasteiger charge is -2.02. The van der Waals surface area contributed by atoms with Crippen LogP contribution in [-0.4, -0.2) is 4.98 Å². The molecule has 0 saturated carbocycles. The summed E-state index contributed by atoms with van der Waals surface area (Å²) in [5.74, 6) is 0. The van der Waals surface area contributed by atoms with Crippen molar-refractivity contribution in [3.05, 3.63) is 46.0 Å². The average Bonchev–Trinajstić information content (AvgIpc) is 2.73. The van der Waals surface area contributed by atoms with Crippen molar-refractivity contribution in [1.29, 1.82) is 0 Å². The van der Waals surface area contributed by atoms with Crippen LogP contribution < -0.4 is 11.1 Å². The van der Waals surface area contributed by atoms with E-state index < -0.39 is 0 Å². The van der Waals surface area contributed by atoms with Gasteiger partial charge in [0.2, 0.25) is 0 Å². The first-order valence-electron chi connectivity index (χ1n) is 5.40. The molecule has 0 amide bonds. The second-order valence-electron chi connectivity index (χ2n) is 3.85. The maximum absolute atomic E-state index is 5.70. The Hall–Kier alpha value is -1.76. The number of oxazole rings is 1. The molecule has 1 aromatic heterocycles. The lowest BCUT2D eigenvalue weighted by Crippen LogP contribution is -1.92. The molecule has 2 aromatic carbocycles. The van der Waals surface area contributed by atoms with Crippen LogP contribution in [0.25, 0.3) is 11.1 Å². The van der Waals surface area contributed by atoms with Gasteiger partial charge in [-0.2, -0.15) is 4.98 Å². The van der Waals surface area contributed by atoms with Gasteiger partial charge < -0.3 is 15.5 Å². The number of rotatable bonds is 2. The van der Waals surface area contributed by atoms with Crippen LogP contribution in [0.4, 0.5) is 17.4 Å². The van der Waals surface area contributed by atoms with Gasteiger partial charge in [-0.1, -0.05) is 12.1 Å². The molecule has 4 nitrogen and oxygen atoms in total. The summed E-state index contributed by atoms with van der Waals surface area (Å²) in [5.41, 5.74) is 8.81. The molecule has 0 aliphatic heterocycles. The molecule has 90 valence electrons. The van der Waals surface area contributed by atoms with Gasteiger partial charge in [-0.05, 0) is 46.9 Å². The largest absolute Gasteiger partial charge is 0.423 e. The van der Waals surface area contributed by atoms with Crippen molar-refractivity contribution in [1.82, 2.24) is 4.98 Å². The van der Waals surface area contributed by atoms with E-state index in [1.807, 2.05) is 30.3 Å². The summed E-state index contributed by atoms with van der Waals surface area (Å²) in [6.45, 7) is 0. The molecule has 3 N–H and O–H groups in total. The average molecular weight is 351 g/mol. The molecule has 0 unspecified atom stereocenters. The number of nitrogens with two attached hydrogens (primary N) is 1. The molecule has 5 heteroatoms. The summed E-state index contributed by atoms with van der Waals surface area (Å²) in [4.78, 5) is 4.35. The monoisotopic (exact) mass is 351 g/mol. The topological polar surface area (TPSA) is 64.1 Å². The Balaban J connectivity index is 1.98. The fourth-order valence-electron chi connectivity index (χ4n) is 1.67. The lowest BCUT2D eigenvalue weighted by molar-refractivity contribution is 0.623. The Morgan fingerprint density at radius 2 is 2.00 bits per heavy atom. The highest BCUT2D eigenvalue weighted by atomic mass is 127. The van der Waals surface area contributed by atoms with E-state index in [9.17, 15) is 0 Å². The molecule has 0 radical (unpaired) electrons. The van der Waals surface area contributed by atoms with Crippen molar-refractivity contribution in [2.24, 2.45) is 0 Å². The summed E-state index contributed by atoms with van der Waals surface area (Å²) in [6.07, 6.45) is 0. The zero-order chi connectivity index (χ0) is 12.5. The van der Waals surface area contributed by atoms with Gasteiger partial charge in [0.25, 0.3) is 6.01 Å². The van der Waals surface area contributed by atoms with Crippen LogP contribution in [0.3, 0.4) is 0 Å². The van der Waals surface area contributed by atoms with Gasteiger partial charge in [0.15, 0.2) is 5.58 Å². The Bertz CT molecular complexity index is 708. The molecule has 0 spiro atoms. The number of fused-ring (bicyclic) bond motifs is 1. The third kappa shape index (κ3) is 2.13. The van der Waals surface area contributed by atoms with E-state index in [0.717, 1.165) is 14.8 Å². The smallest absolute Gasteiger partial charge is 0.300 e. The minimum atomic E-state index is 0.472. The molecule has 0 fully saturated rings. The van der Waals surface area contributed by atoms with Gasteiger partial charge in [0, 0.05) is 15.3 Å². The maximum Gasteiger partial charge on any atom is 0.300 e. The molecule has 0 saturated heterocycles. The van der Waals surface area contributed by atoms with Gasteiger partial charge in [0.05, 0.1) is 5.69 Å². The van der Waals surface area contributed by atoms with Crippen LogP contribution in [0.2, 0.25) is 0 Å². The summed E-state index contributed by atoms with van der Waals surface area (Å²) < 4.78 is 6.71. The first-order chi connectivity index (χ1) is 8.72. The second kappa shape index (κ2) is 4.49. The van der Waals surface area contributed by atoms with Crippen LogP contribution in [0.15, 0.2) is 46.9 Å². The molecule has 18 heavy (non-hydrogen) atoms. The van der Waals surface area contributed by atoms with Crippen molar-refractivity contribution in [3.8, 4) is 0 Å². The Kier molecular flexibility index (Phi) is 2.83. The van der Waals surface area contributed by atoms with E-state index in [4.69, 9.17) is 10.2 Å². The quantitative estimate of drug-likeness (QED) is 0.545. The minimum absolute atomic E-state index is 0.472. The van der Waals surface area contributed by atoms with Crippen LogP contribution in [-0.2, 0) is 0 Å². The number of benzene rings is 2. The Labute approximate surface area is 117 Å². The number of para-hydroxylation sites is 1. The summed E-state index contributed by atoms with van der Waals surface area (Å²) in [6, 6.07) is 13.8. The molecule has 0 bridgehead atoms. The molecule has 0 aliphatic rings. The number of aromatic nitrogens is 1. The zero-order valence-electron chi connectivity index (χ0n) is 9.35. The summed E-state index contributed by atoms with van der Waals surface area (Å²) in [5, 5.41) is 3.15. The minimum Gasteiger partial charge on any atom is -0.423 e. The van der Waals surface area contributed by atoms with Crippen LogP contribution in [0.5, 0.6) is 0 Å². The van der Waals surface area contributed by atoms with E-state index in [2.05, 4.69) is 32.9 Å². The normalized spacial score (nSPS) is 10.7. The first-order valence-corrected chi connectivity index (χ1v) is 6.48. The SMILES string of the molecule is Nc1ccc2nc(Nc3ccccc3I)oc2c1. The molecular formula is C13H10IN3O. The number of halogens is 1.